The first kappa shape index (κ1) is 16.5. The first-order valence-corrected chi connectivity index (χ1v) is 8.80. The lowest BCUT2D eigenvalue weighted by Gasteiger charge is -2.37. The number of aliphatic hydroxyl groups excluding tert-OH is 1. The summed E-state index contributed by atoms with van der Waals surface area (Å²) in [5.41, 5.74) is 7.00. The van der Waals surface area contributed by atoms with Gasteiger partial charge in [0.1, 0.15) is 5.82 Å². The zero-order valence-electron chi connectivity index (χ0n) is 14.4. The number of piperidine rings is 1. The van der Waals surface area contributed by atoms with Gasteiger partial charge in [-0.2, -0.15) is 0 Å². The standard InChI is InChI=1S/C21H21N3O2/c22-20(26)18-6-3-10-23-21(18)24-11-9-17(19(25)13-24)16-8-7-14-4-1-2-5-15(14)12-16/h1-8,10,12,17,19,25H,9,11,13H2,(H2,22,26). The van der Waals surface area contributed by atoms with Crippen molar-refractivity contribution in [2.75, 3.05) is 18.0 Å². The van der Waals surface area contributed by atoms with Gasteiger partial charge in [-0.05, 0) is 34.9 Å². The molecule has 1 saturated heterocycles. The predicted octanol–water partition coefficient (Wildman–Crippen LogP) is 2.69. The minimum absolute atomic E-state index is 0.0663. The fourth-order valence-corrected chi connectivity index (χ4v) is 3.79. The smallest absolute Gasteiger partial charge is 0.252 e. The third-order valence-electron chi connectivity index (χ3n) is 5.14. The van der Waals surface area contributed by atoms with Crippen LogP contribution >= 0.6 is 0 Å². The van der Waals surface area contributed by atoms with E-state index in [1.54, 1.807) is 18.3 Å². The number of nitrogens with two attached hydrogens (primary N) is 1. The van der Waals surface area contributed by atoms with Gasteiger partial charge in [0.25, 0.3) is 5.91 Å². The van der Waals surface area contributed by atoms with E-state index < -0.39 is 12.0 Å². The van der Waals surface area contributed by atoms with Crippen LogP contribution in [-0.2, 0) is 0 Å². The second kappa shape index (κ2) is 6.77. The molecule has 2 heterocycles. The quantitative estimate of drug-likeness (QED) is 0.763. The molecule has 0 radical (unpaired) electrons. The predicted molar refractivity (Wildman–Crippen MR) is 102 cm³/mol. The Morgan fingerprint density at radius 2 is 1.92 bits per heavy atom. The number of nitrogens with zero attached hydrogens (tertiary/aromatic N) is 2. The van der Waals surface area contributed by atoms with E-state index in [0.717, 1.165) is 12.0 Å². The Balaban J connectivity index is 1.58. The lowest BCUT2D eigenvalue weighted by atomic mass is 9.86. The number of fused-ring (bicyclic) bond motifs is 1. The van der Waals surface area contributed by atoms with Crippen molar-refractivity contribution < 1.29 is 9.90 Å². The normalized spacial score (nSPS) is 20.3. The van der Waals surface area contributed by atoms with Crippen LogP contribution in [0.4, 0.5) is 5.82 Å². The Hall–Kier alpha value is -2.92. The highest BCUT2D eigenvalue weighted by atomic mass is 16.3. The highest BCUT2D eigenvalue weighted by Crippen LogP contribution is 2.32. The monoisotopic (exact) mass is 347 g/mol. The van der Waals surface area contributed by atoms with Crippen molar-refractivity contribution >= 4 is 22.5 Å². The highest BCUT2D eigenvalue weighted by molar-refractivity contribution is 5.97. The van der Waals surface area contributed by atoms with E-state index >= 15 is 0 Å². The molecule has 0 saturated carbocycles. The van der Waals surface area contributed by atoms with E-state index in [2.05, 4.69) is 35.3 Å². The number of benzene rings is 2. The molecule has 26 heavy (non-hydrogen) atoms. The molecule has 132 valence electrons. The molecule has 5 nitrogen and oxygen atoms in total. The number of rotatable bonds is 3. The Labute approximate surface area is 152 Å². The zero-order chi connectivity index (χ0) is 18.1. The fraction of sp³-hybridized carbons (Fsp3) is 0.238. The van der Waals surface area contributed by atoms with Crippen molar-refractivity contribution in [3.63, 3.8) is 0 Å². The molecule has 3 N–H and O–H groups in total. The van der Waals surface area contributed by atoms with Gasteiger partial charge in [-0.25, -0.2) is 4.98 Å². The third-order valence-corrected chi connectivity index (χ3v) is 5.14. The number of pyridine rings is 1. The zero-order valence-corrected chi connectivity index (χ0v) is 14.4. The Bertz CT molecular complexity index is 957. The topological polar surface area (TPSA) is 79.5 Å². The van der Waals surface area contributed by atoms with Crippen LogP contribution in [0.15, 0.2) is 60.8 Å². The molecular formula is C21H21N3O2. The number of amides is 1. The number of primary amides is 1. The van der Waals surface area contributed by atoms with E-state index in [1.165, 1.54) is 10.8 Å². The number of carbonyl (C=O) groups excluding carboxylic acids is 1. The average molecular weight is 347 g/mol. The van der Waals surface area contributed by atoms with Crippen LogP contribution in [0.25, 0.3) is 10.8 Å². The maximum Gasteiger partial charge on any atom is 0.252 e. The number of β-amino-alcohol motifs (C(OH)–C–C–N with tert-alkyl or cyclic N) is 1. The molecule has 3 aromatic rings. The molecule has 1 aliphatic rings. The molecule has 1 amide bonds. The number of aromatic nitrogens is 1. The second-order valence-electron chi connectivity index (χ2n) is 6.75. The lowest BCUT2D eigenvalue weighted by Crippen LogP contribution is -2.44. The van der Waals surface area contributed by atoms with E-state index in [1.807, 2.05) is 17.0 Å². The molecule has 1 aliphatic heterocycles. The molecule has 2 aromatic carbocycles. The minimum atomic E-state index is -0.535. The van der Waals surface area contributed by atoms with Crippen LogP contribution in [0.1, 0.15) is 28.3 Å². The second-order valence-corrected chi connectivity index (χ2v) is 6.75. The van der Waals surface area contributed by atoms with Crippen molar-refractivity contribution in [1.29, 1.82) is 0 Å². The van der Waals surface area contributed by atoms with Gasteiger partial charge in [-0.3, -0.25) is 4.79 Å². The largest absolute Gasteiger partial charge is 0.391 e. The van der Waals surface area contributed by atoms with Crippen LogP contribution in [-0.4, -0.2) is 35.2 Å². The van der Waals surface area contributed by atoms with Crippen LogP contribution in [0.2, 0.25) is 0 Å². The van der Waals surface area contributed by atoms with Crippen LogP contribution in [0.5, 0.6) is 0 Å². The summed E-state index contributed by atoms with van der Waals surface area (Å²) in [6.07, 6.45) is 1.89. The van der Waals surface area contributed by atoms with Gasteiger partial charge in [-0.15, -0.1) is 0 Å². The van der Waals surface area contributed by atoms with Crippen molar-refractivity contribution in [3.8, 4) is 0 Å². The molecule has 0 spiro atoms. The maximum atomic E-state index is 11.6. The maximum absolute atomic E-state index is 11.6. The van der Waals surface area contributed by atoms with Crippen molar-refractivity contribution in [1.82, 2.24) is 4.98 Å². The van der Waals surface area contributed by atoms with Gasteiger partial charge in [0.2, 0.25) is 0 Å². The Morgan fingerprint density at radius 1 is 1.12 bits per heavy atom. The molecule has 2 unspecified atom stereocenters. The van der Waals surface area contributed by atoms with Crippen molar-refractivity contribution in [2.24, 2.45) is 5.73 Å². The van der Waals surface area contributed by atoms with E-state index in [-0.39, 0.29) is 5.92 Å². The summed E-state index contributed by atoms with van der Waals surface area (Å²) in [7, 11) is 0. The number of aliphatic hydroxyl groups is 1. The molecule has 1 fully saturated rings. The van der Waals surface area contributed by atoms with Gasteiger partial charge < -0.3 is 15.7 Å². The summed E-state index contributed by atoms with van der Waals surface area (Å²) in [5.74, 6) is 0.117. The van der Waals surface area contributed by atoms with E-state index in [4.69, 9.17) is 5.73 Å². The summed E-state index contributed by atoms with van der Waals surface area (Å²) in [6.45, 7) is 1.14. The van der Waals surface area contributed by atoms with Crippen molar-refractivity contribution in [2.45, 2.75) is 18.4 Å². The molecule has 1 aromatic heterocycles. The average Bonchev–Trinajstić information content (AvgIpc) is 2.67. The first-order chi connectivity index (χ1) is 12.6. The SMILES string of the molecule is NC(=O)c1cccnc1N1CCC(c2ccc3ccccc3c2)C(O)C1. The highest BCUT2D eigenvalue weighted by Gasteiger charge is 2.31. The lowest BCUT2D eigenvalue weighted by molar-refractivity contribution is 0.0998. The minimum Gasteiger partial charge on any atom is -0.391 e. The first-order valence-electron chi connectivity index (χ1n) is 8.80. The van der Waals surface area contributed by atoms with E-state index in [9.17, 15) is 9.90 Å². The van der Waals surface area contributed by atoms with Gasteiger partial charge in [0.15, 0.2) is 0 Å². The molecule has 2 atom stereocenters. The molecular weight excluding hydrogens is 326 g/mol. The van der Waals surface area contributed by atoms with Gasteiger partial charge in [0, 0.05) is 25.2 Å². The number of hydrogen-bond acceptors (Lipinski definition) is 4. The molecule has 0 aliphatic carbocycles. The number of carbonyl (C=O) groups is 1. The third kappa shape index (κ3) is 3.02. The molecule has 4 rings (SSSR count). The fourth-order valence-electron chi connectivity index (χ4n) is 3.79. The van der Waals surface area contributed by atoms with E-state index in [0.29, 0.717) is 24.5 Å². The number of anilines is 1. The van der Waals surface area contributed by atoms with Crippen molar-refractivity contribution in [3.05, 3.63) is 71.9 Å². The molecule has 5 heteroatoms. The summed E-state index contributed by atoms with van der Waals surface area (Å²) in [6, 6.07) is 18.0. The van der Waals surface area contributed by atoms with Crippen LogP contribution in [0, 0.1) is 0 Å². The Morgan fingerprint density at radius 3 is 2.69 bits per heavy atom. The molecule has 0 bridgehead atoms. The van der Waals surface area contributed by atoms with Gasteiger partial charge in [-0.1, -0.05) is 42.5 Å². The Kier molecular flexibility index (Phi) is 4.31. The van der Waals surface area contributed by atoms with Gasteiger partial charge in [0.05, 0.1) is 11.7 Å². The van der Waals surface area contributed by atoms with Gasteiger partial charge >= 0.3 is 0 Å². The summed E-state index contributed by atoms with van der Waals surface area (Å²) in [5, 5.41) is 13.1. The summed E-state index contributed by atoms with van der Waals surface area (Å²) < 4.78 is 0. The number of hydrogen-bond donors (Lipinski definition) is 2. The van der Waals surface area contributed by atoms with Crippen LogP contribution in [0.3, 0.4) is 0 Å². The summed E-state index contributed by atoms with van der Waals surface area (Å²) in [4.78, 5) is 17.9. The summed E-state index contributed by atoms with van der Waals surface area (Å²) >= 11 is 0. The van der Waals surface area contributed by atoms with Crippen LogP contribution < -0.4 is 10.6 Å².